The van der Waals surface area contributed by atoms with E-state index in [0.717, 1.165) is 0 Å². The van der Waals surface area contributed by atoms with Crippen molar-refractivity contribution in [1.29, 1.82) is 0 Å². The van der Waals surface area contributed by atoms with Crippen LogP contribution in [0.1, 0.15) is 13.8 Å². The molecule has 68 valence electrons. The van der Waals surface area contributed by atoms with Crippen LogP contribution < -0.4 is 5.73 Å². The van der Waals surface area contributed by atoms with Gasteiger partial charge < -0.3 is 10.6 Å². The number of nitrogens with zero attached hydrogens (tertiary/aromatic N) is 1. The molecule has 0 aromatic heterocycles. The molecule has 0 spiro atoms. The predicted molar refractivity (Wildman–Crippen MR) is 49.3 cm³/mol. The van der Waals surface area contributed by atoms with E-state index in [2.05, 4.69) is 5.92 Å². The molecule has 0 bridgehead atoms. The molecule has 0 aliphatic carbocycles. The molecule has 2 N–H and O–H groups in total. The minimum atomic E-state index is -0.508. The van der Waals surface area contributed by atoms with Gasteiger partial charge in [0, 0.05) is 13.6 Å². The Balaban J connectivity index is 4.30. The monoisotopic (exact) mass is 168 g/mol. The van der Waals surface area contributed by atoms with E-state index in [0.29, 0.717) is 13.1 Å². The van der Waals surface area contributed by atoms with Crippen molar-refractivity contribution in [2.45, 2.75) is 13.8 Å². The molecule has 0 saturated heterocycles. The number of terminal acetylenes is 1. The van der Waals surface area contributed by atoms with Gasteiger partial charge in [-0.1, -0.05) is 5.92 Å². The lowest BCUT2D eigenvalue weighted by Crippen LogP contribution is -2.42. The third-order valence-corrected chi connectivity index (χ3v) is 1.76. The van der Waals surface area contributed by atoms with Gasteiger partial charge in [0.2, 0.25) is 5.91 Å². The summed E-state index contributed by atoms with van der Waals surface area (Å²) in [4.78, 5) is 13.0. The number of hydrogen-bond acceptors (Lipinski definition) is 2. The van der Waals surface area contributed by atoms with Crippen molar-refractivity contribution in [3.05, 3.63) is 0 Å². The molecule has 0 aromatic carbocycles. The zero-order valence-electron chi connectivity index (χ0n) is 7.92. The highest BCUT2D eigenvalue weighted by atomic mass is 16.2. The van der Waals surface area contributed by atoms with Gasteiger partial charge in [-0.25, -0.2) is 0 Å². The minimum Gasteiger partial charge on any atom is -0.334 e. The molecule has 0 unspecified atom stereocenters. The van der Waals surface area contributed by atoms with Gasteiger partial charge in [-0.15, -0.1) is 6.42 Å². The van der Waals surface area contributed by atoms with Gasteiger partial charge in [-0.05, 0) is 13.8 Å². The summed E-state index contributed by atoms with van der Waals surface area (Å²) in [6.07, 6.45) is 5.08. The van der Waals surface area contributed by atoms with Gasteiger partial charge in [-0.2, -0.15) is 0 Å². The zero-order valence-corrected chi connectivity index (χ0v) is 7.92. The van der Waals surface area contributed by atoms with Gasteiger partial charge >= 0.3 is 0 Å². The van der Waals surface area contributed by atoms with E-state index in [4.69, 9.17) is 12.2 Å². The van der Waals surface area contributed by atoms with E-state index in [9.17, 15) is 4.79 Å². The van der Waals surface area contributed by atoms with Crippen molar-refractivity contribution in [1.82, 2.24) is 4.90 Å². The maximum absolute atomic E-state index is 11.5. The molecule has 0 radical (unpaired) electrons. The number of nitrogens with two attached hydrogens (primary N) is 1. The van der Waals surface area contributed by atoms with E-state index in [1.165, 1.54) is 4.90 Å². The lowest BCUT2D eigenvalue weighted by molar-refractivity contribution is -0.137. The van der Waals surface area contributed by atoms with Crippen LogP contribution in [0.25, 0.3) is 0 Å². The van der Waals surface area contributed by atoms with Crippen molar-refractivity contribution >= 4 is 5.91 Å². The molecule has 0 heterocycles. The first-order valence-electron chi connectivity index (χ1n) is 3.85. The summed E-state index contributed by atoms with van der Waals surface area (Å²) in [5, 5.41) is 0. The van der Waals surface area contributed by atoms with Crippen LogP contribution in [0.5, 0.6) is 0 Å². The summed E-state index contributed by atoms with van der Waals surface area (Å²) in [6, 6.07) is 0. The average molecular weight is 168 g/mol. The van der Waals surface area contributed by atoms with Gasteiger partial charge in [0.25, 0.3) is 0 Å². The topological polar surface area (TPSA) is 46.3 Å². The van der Waals surface area contributed by atoms with Crippen molar-refractivity contribution in [3.63, 3.8) is 0 Å². The second-order valence-electron chi connectivity index (χ2n) is 3.45. The quantitative estimate of drug-likeness (QED) is 0.606. The van der Waals surface area contributed by atoms with Crippen LogP contribution >= 0.6 is 0 Å². The second-order valence-corrected chi connectivity index (χ2v) is 3.45. The molecule has 0 atom stereocenters. The fraction of sp³-hybridized carbons (Fsp3) is 0.667. The van der Waals surface area contributed by atoms with E-state index < -0.39 is 5.41 Å². The van der Waals surface area contributed by atoms with Crippen LogP contribution in [-0.4, -0.2) is 30.9 Å². The molecular weight excluding hydrogens is 152 g/mol. The molecule has 3 nitrogen and oxygen atoms in total. The van der Waals surface area contributed by atoms with Crippen LogP contribution in [0.15, 0.2) is 0 Å². The second kappa shape index (κ2) is 4.13. The van der Waals surface area contributed by atoms with Crippen LogP contribution in [0.3, 0.4) is 0 Å². The van der Waals surface area contributed by atoms with Crippen LogP contribution in [-0.2, 0) is 4.79 Å². The summed E-state index contributed by atoms with van der Waals surface area (Å²) in [6.45, 7) is 4.29. The van der Waals surface area contributed by atoms with Crippen LogP contribution in [0, 0.1) is 17.8 Å². The molecular formula is C9H16N2O. The lowest BCUT2D eigenvalue weighted by atomic mass is 9.92. The number of rotatable bonds is 3. The fourth-order valence-corrected chi connectivity index (χ4v) is 0.813. The largest absolute Gasteiger partial charge is 0.334 e. The summed E-state index contributed by atoms with van der Waals surface area (Å²) in [7, 11) is 1.68. The Hall–Kier alpha value is -1.01. The molecule has 1 amide bonds. The zero-order chi connectivity index (χ0) is 9.78. The number of carbonyl (C=O) groups excluding carboxylic acids is 1. The molecule has 0 aliphatic rings. The summed E-state index contributed by atoms with van der Waals surface area (Å²) in [5.74, 6) is 2.40. The summed E-state index contributed by atoms with van der Waals surface area (Å²) >= 11 is 0. The minimum absolute atomic E-state index is 0.0112. The molecule has 0 fully saturated rings. The van der Waals surface area contributed by atoms with Gasteiger partial charge in [-0.3, -0.25) is 4.79 Å². The molecule has 0 aliphatic heterocycles. The Morgan fingerprint density at radius 1 is 1.67 bits per heavy atom. The Morgan fingerprint density at radius 3 is 2.50 bits per heavy atom. The SMILES string of the molecule is C#CCN(C)C(=O)C(C)(C)CN. The molecule has 3 heteroatoms. The first-order chi connectivity index (χ1) is 5.45. The van der Waals surface area contributed by atoms with E-state index in [-0.39, 0.29) is 5.91 Å². The lowest BCUT2D eigenvalue weighted by Gasteiger charge is -2.26. The number of carbonyl (C=O) groups is 1. The van der Waals surface area contributed by atoms with E-state index in [1.807, 2.05) is 13.8 Å². The van der Waals surface area contributed by atoms with E-state index in [1.54, 1.807) is 7.05 Å². The Labute approximate surface area is 73.9 Å². The van der Waals surface area contributed by atoms with Crippen molar-refractivity contribution in [3.8, 4) is 12.3 Å². The molecule has 0 saturated carbocycles. The van der Waals surface area contributed by atoms with Crippen molar-refractivity contribution in [2.75, 3.05) is 20.1 Å². The van der Waals surface area contributed by atoms with Gasteiger partial charge in [0.05, 0.1) is 12.0 Å². The Bertz CT molecular complexity index is 203. The standard InChI is InChI=1S/C9H16N2O/c1-5-6-11(4)8(12)9(2,3)7-10/h1H,6-7,10H2,2-4H3. The van der Waals surface area contributed by atoms with Gasteiger partial charge in [0.1, 0.15) is 0 Å². The Kier molecular flexibility index (Phi) is 3.78. The first kappa shape index (κ1) is 11.0. The third kappa shape index (κ3) is 2.55. The smallest absolute Gasteiger partial charge is 0.230 e. The van der Waals surface area contributed by atoms with E-state index >= 15 is 0 Å². The normalized spacial score (nSPS) is 10.6. The predicted octanol–water partition coefficient (Wildman–Crippen LogP) is 0.0629. The maximum atomic E-state index is 11.5. The number of hydrogen-bond donors (Lipinski definition) is 1. The molecule has 0 rings (SSSR count). The fourth-order valence-electron chi connectivity index (χ4n) is 0.813. The third-order valence-electron chi connectivity index (χ3n) is 1.76. The Morgan fingerprint density at radius 2 is 2.17 bits per heavy atom. The molecule has 12 heavy (non-hydrogen) atoms. The highest BCUT2D eigenvalue weighted by molar-refractivity contribution is 5.82. The first-order valence-corrected chi connectivity index (χ1v) is 3.85. The molecule has 0 aromatic rings. The maximum Gasteiger partial charge on any atom is 0.230 e. The summed E-state index contributed by atoms with van der Waals surface area (Å²) < 4.78 is 0. The van der Waals surface area contributed by atoms with Crippen LogP contribution in [0.4, 0.5) is 0 Å². The van der Waals surface area contributed by atoms with Crippen molar-refractivity contribution < 1.29 is 4.79 Å². The van der Waals surface area contributed by atoms with Gasteiger partial charge in [0.15, 0.2) is 0 Å². The number of amides is 1. The van der Waals surface area contributed by atoms with Crippen LogP contribution in [0.2, 0.25) is 0 Å². The van der Waals surface area contributed by atoms with Crippen molar-refractivity contribution in [2.24, 2.45) is 11.1 Å². The average Bonchev–Trinajstić information content (AvgIpc) is 2.03. The highest BCUT2D eigenvalue weighted by Crippen LogP contribution is 2.15. The highest BCUT2D eigenvalue weighted by Gasteiger charge is 2.28. The summed E-state index contributed by atoms with van der Waals surface area (Å²) in [5.41, 5.74) is 4.93.